The van der Waals surface area contributed by atoms with Crippen LogP contribution in [0.2, 0.25) is 0 Å². The lowest BCUT2D eigenvalue weighted by Crippen LogP contribution is -2.15. The van der Waals surface area contributed by atoms with Crippen LogP contribution < -0.4 is 5.32 Å². The number of nitrogens with one attached hydrogen (secondary N) is 1. The highest BCUT2D eigenvalue weighted by Gasteiger charge is 2.15. The van der Waals surface area contributed by atoms with Crippen LogP contribution in [0.4, 0.5) is 5.69 Å². The van der Waals surface area contributed by atoms with E-state index in [2.05, 4.69) is 25.4 Å². The quantitative estimate of drug-likeness (QED) is 0.591. The van der Waals surface area contributed by atoms with Gasteiger partial charge in [0.05, 0.1) is 18.9 Å². The van der Waals surface area contributed by atoms with Crippen LogP contribution in [-0.2, 0) is 6.42 Å². The monoisotopic (exact) mass is 347 g/mol. The molecule has 0 spiro atoms. The molecule has 0 aliphatic heterocycles. The lowest BCUT2D eigenvalue weighted by Gasteiger charge is -2.09. The summed E-state index contributed by atoms with van der Waals surface area (Å²) in [6.07, 6.45) is 6.30. The summed E-state index contributed by atoms with van der Waals surface area (Å²) >= 11 is 0. The number of rotatable bonds is 5. The van der Waals surface area contributed by atoms with Gasteiger partial charge < -0.3 is 14.3 Å². The van der Waals surface area contributed by atoms with Gasteiger partial charge in [0.1, 0.15) is 5.69 Å². The molecule has 26 heavy (non-hydrogen) atoms. The Bertz CT molecular complexity index is 1010. The van der Waals surface area contributed by atoms with E-state index in [0.29, 0.717) is 29.6 Å². The Morgan fingerprint density at radius 3 is 2.85 bits per heavy atom. The van der Waals surface area contributed by atoms with Crippen LogP contribution in [-0.4, -0.2) is 26.0 Å². The summed E-state index contributed by atoms with van der Waals surface area (Å²) in [5.74, 6) is 0.986. The van der Waals surface area contributed by atoms with Gasteiger partial charge in [0, 0.05) is 18.1 Å². The number of nitrogens with zero attached hydrogens (tertiary/aromatic N) is 4. The highest BCUT2D eigenvalue weighted by molar-refractivity contribution is 6.03. The Hall–Kier alpha value is -3.81. The van der Waals surface area contributed by atoms with Gasteiger partial charge in [-0.25, -0.2) is 4.98 Å². The average molecular weight is 347 g/mol. The molecule has 128 valence electrons. The van der Waals surface area contributed by atoms with Gasteiger partial charge in [0.15, 0.2) is 5.76 Å². The molecule has 4 aromatic rings. The van der Waals surface area contributed by atoms with Crippen LogP contribution in [0.5, 0.6) is 0 Å². The summed E-state index contributed by atoms with van der Waals surface area (Å²) in [6, 6.07) is 10.9. The molecule has 8 nitrogen and oxygen atoms in total. The zero-order valence-electron chi connectivity index (χ0n) is 13.5. The molecule has 0 saturated carbocycles. The van der Waals surface area contributed by atoms with E-state index in [0.717, 1.165) is 5.56 Å². The maximum absolute atomic E-state index is 12.3. The van der Waals surface area contributed by atoms with Gasteiger partial charge in [-0.05, 0) is 23.8 Å². The van der Waals surface area contributed by atoms with Crippen LogP contribution in [0.3, 0.4) is 0 Å². The van der Waals surface area contributed by atoms with Crippen molar-refractivity contribution in [3.05, 3.63) is 78.4 Å². The van der Waals surface area contributed by atoms with Crippen LogP contribution in [0.1, 0.15) is 21.9 Å². The fraction of sp³-hybridized carbons (Fsp3) is 0.0556. The molecule has 0 saturated heterocycles. The number of aromatic nitrogens is 4. The van der Waals surface area contributed by atoms with E-state index in [9.17, 15) is 4.79 Å². The van der Waals surface area contributed by atoms with Crippen molar-refractivity contribution in [2.24, 2.45) is 0 Å². The van der Waals surface area contributed by atoms with E-state index < -0.39 is 0 Å². The smallest absolute Gasteiger partial charge is 0.275 e. The van der Waals surface area contributed by atoms with Gasteiger partial charge in [-0.3, -0.25) is 9.78 Å². The molecule has 0 atom stereocenters. The molecule has 0 unspecified atom stereocenters. The van der Waals surface area contributed by atoms with E-state index in [1.54, 1.807) is 24.5 Å². The summed E-state index contributed by atoms with van der Waals surface area (Å²) in [6.45, 7) is 0. The van der Waals surface area contributed by atoms with Gasteiger partial charge >= 0.3 is 0 Å². The van der Waals surface area contributed by atoms with E-state index in [-0.39, 0.29) is 11.6 Å². The number of benzene rings is 1. The molecule has 4 rings (SSSR count). The number of anilines is 1. The summed E-state index contributed by atoms with van der Waals surface area (Å²) in [7, 11) is 0. The first kappa shape index (κ1) is 15.7. The largest absolute Gasteiger partial charge is 0.461 e. The van der Waals surface area contributed by atoms with Crippen molar-refractivity contribution < 1.29 is 13.7 Å². The molecule has 8 heteroatoms. The second-order valence-corrected chi connectivity index (χ2v) is 5.37. The molecule has 0 fully saturated rings. The van der Waals surface area contributed by atoms with Crippen LogP contribution in [0.25, 0.3) is 11.6 Å². The summed E-state index contributed by atoms with van der Waals surface area (Å²) in [4.78, 5) is 24.5. The number of hydrogen-bond acceptors (Lipinski definition) is 7. The predicted octanol–water partition coefficient (Wildman–Crippen LogP) is 2.96. The van der Waals surface area contributed by atoms with Crippen molar-refractivity contribution in [3.63, 3.8) is 0 Å². The minimum atomic E-state index is -0.340. The number of carbonyl (C=O) groups is 1. The number of amides is 1. The third-order valence-corrected chi connectivity index (χ3v) is 3.61. The molecule has 0 radical (unpaired) electrons. The Morgan fingerprint density at radius 2 is 2.04 bits per heavy atom. The van der Waals surface area contributed by atoms with Gasteiger partial charge in [-0.15, -0.1) is 0 Å². The number of carbonyl (C=O) groups excluding carboxylic acids is 1. The van der Waals surface area contributed by atoms with Crippen molar-refractivity contribution in [3.8, 4) is 11.6 Å². The van der Waals surface area contributed by atoms with Crippen LogP contribution in [0, 0.1) is 0 Å². The zero-order chi connectivity index (χ0) is 17.8. The van der Waals surface area contributed by atoms with Gasteiger partial charge in [0.2, 0.25) is 11.7 Å². The lowest BCUT2D eigenvalue weighted by molar-refractivity contribution is 0.102. The second kappa shape index (κ2) is 6.98. The van der Waals surface area contributed by atoms with Crippen molar-refractivity contribution >= 4 is 11.6 Å². The third kappa shape index (κ3) is 3.34. The number of furan rings is 1. The highest BCUT2D eigenvalue weighted by atomic mass is 16.5. The summed E-state index contributed by atoms with van der Waals surface area (Å²) in [5, 5.41) is 6.74. The van der Waals surface area contributed by atoms with E-state index in [4.69, 9.17) is 8.94 Å². The Balaban J connectivity index is 1.54. The molecular formula is C18H13N5O3. The standard InChI is InChI=1S/C18H13N5O3/c24-18(14-11-19-7-8-20-14)21-13-5-2-1-4-12(13)10-16-22-17(23-26-16)15-6-3-9-25-15/h1-9,11H,10H2,(H,21,24). The minimum absolute atomic E-state index is 0.236. The fourth-order valence-corrected chi connectivity index (χ4v) is 2.39. The average Bonchev–Trinajstić information content (AvgIpc) is 3.36. The number of para-hydroxylation sites is 1. The predicted molar refractivity (Wildman–Crippen MR) is 91.2 cm³/mol. The van der Waals surface area contributed by atoms with Gasteiger partial charge in [0.25, 0.3) is 5.91 Å². The molecule has 1 aromatic carbocycles. The second-order valence-electron chi connectivity index (χ2n) is 5.37. The molecule has 3 aromatic heterocycles. The topological polar surface area (TPSA) is 107 Å². The Morgan fingerprint density at radius 1 is 1.12 bits per heavy atom. The molecule has 0 aliphatic carbocycles. The normalized spacial score (nSPS) is 10.6. The van der Waals surface area contributed by atoms with E-state index in [1.807, 2.05) is 18.2 Å². The maximum atomic E-state index is 12.3. The Labute approximate surface area is 147 Å². The van der Waals surface area contributed by atoms with Gasteiger partial charge in [-0.1, -0.05) is 23.4 Å². The van der Waals surface area contributed by atoms with Crippen LogP contribution in [0.15, 0.2) is 70.2 Å². The summed E-state index contributed by atoms with van der Waals surface area (Å²) < 4.78 is 10.5. The van der Waals surface area contributed by atoms with E-state index in [1.165, 1.54) is 18.6 Å². The van der Waals surface area contributed by atoms with Gasteiger partial charge in [-0.2, -0.15) is 4.98 Å². The first-order valence-electron chi connectivity index (χ1n) is 7.81. The zero-order valence-corrected chi connectivity index (χ0v) is 13.5. The molecule has 3 heterocycles. The SMILES string of the molecule is O=C(Nc1ccccc1Cc1nc(-c2ccco2)no1)c1cnccn1. The van der Waals surface area contributed by atoms with Crippen LogP contribution >= 0.6 is 0 Å². The van der Waals surface area contributed by atoms with E-state index >= 15 is 0 Å². The Kier molecular flexibility index (Phi) is 4.21. The van der Waals surface area contributed by atoms with Crippen molar-refractivity contribution in [1.29, 1.82) is 0 Å². The maximum Gasteiger partial charge on any atom is 0.275 e. The highest BCUT2D eigenvalue weighted by Crippen LogP contribution is 2.21. The minimum Gasteiger partial charge on any atom is -0.461 e. The number of hydrogen-bond donors (Lipinski definition) is 1. The molecule has 0 aliphatic rings. The third-order valence-electron chi connectivity index (χ3n) is 3.61. The first-order valence-corrected chi connectivity index (χ1v) is 7.81. The molecular weight excluding hydrogens is 334 g/mol. The lowest BCUT2D eigenvalue weighted by atomic mass is 10.1. The van der Waals surface area contributed by atoms with Crippen molar-refractivity contribution in [2.45, 2.75) is 6.42 Å². The molecule has 1 N–H and O–H groups in total. The first-order chi connectivity index (χ1) is 12.8. The fourth-order valence-electron chi connectivity index (χ4n) is 2.39. The van der Waals surface area contributed by atoms with Crippen molar-refractivity contribution in [2.75, 3.05) is 5.32 Å². The molecule has 0 bridgehead atoms. The van der Waals surface area contributed by atoms with Crippen molar-refractivity contribution in [1.82, 2.24) is 20.1 Å². The summed E-state index contributed by atoms with van der Waals surface area (Å²) in [5.41, 5.74) is 1.71. The molecule has 1 amide bonds.